The maximum atomic E-state index is 11.9. The lowest BCUT2D eigenvalue weighted by molar-refractivity contribution is -0.123. The zero-order valence-corrected chi connectivity index (χ0v) is 12.7. The molecule has 0 saturated heterocycles. The van der Waals surface area contributed by atoms with Gasteiger partial charge in [-0.05, 0) is 49.6 Å². The maximum absolute atomic E-state index is 11.9. The summed E-state index contributed by atoms with van der Waals surface area (Å²) >= 11 is 0. The van der Waals surface area contributed by atoms with Crippen LogP contribution in [0.15, 0.2) is 48.5 Å². The molecule has 1 atom stereocenters. The molecule has 3 nitrogen and oxygen atoms in total. The Labute approximate surface area is 126 Å². The molecule has 0 fully saturated rings. The van der Waals surface area contributed by atoms with Crippen LogP contribution in [0.2, 0.25) is 0 Å². The molecule has 21 heavy (non-hydrogen) atoms. The molecule has 2 rings (SSSR count). The Bertz CT molecular complexity index is 608. The lowest BCUT2D eigenvalue weighted by Crippen LogP contribution is -2.31. The van der Waals surface area contributed by atoms with Crippen LogP contribution in [0, 0.1) is 13.8 Å². The number of carbonyl (C=O) groups is 1. The molecule has 0 heterocycles. The molecular weight excluding hydrogens is 262 g/mol. The number of aryl methyl sites for hydroxylation is 2. The van der Waals surface area contributed by atoms with Crippen LogP contribution in [0.3, 0.4) is 0 Å². The average molecular weight is 283 g/mol. The minimum atomic E-state index is -0.121. The lowest BCUT2D eigenvalue weighted by atomic mass is 10.1. The third-order valence-corrected chi connectivity index (χ3v) is 3.53. The van der Waals surface area contributed by atoms with Gasteiger partial charge in [-0.3, -0.25) is 4.79 Å². The Morgan fingerprint density at radius 1 is 1.10 bits per heavy atom. The van der Waals surface area contributed by atoms with Gasteiger partial charge in [-0.25, -0.2) is 0 Å². The van der Waals surface area contributed by atoms with E-state index >= 15 is 0 Å². The first-order valence-corrected chi connectivity index (χ1v) is 7.10. The zero-order chi connectivity index (χ0) is 15.2. The Balaban J connectivity index is 1.86. The van der Waals surface area contributed by atoms with E-state index < -0.39 is 0 Å². The van der Waals surface area contributed by atoms with E-state index in [4.69, 9.17) is 4.74 Å². The van der Waals surface area contributed by atoms with E-state index in [9.17, 15) is 4.79 Å². The van der Waals surface area contributed by atoms with Crippen LogP contribution in [0.4, 0.5) is 0 Å². The minimum absolute atomic E-state index is 0.0259. The Kier molecular flexibility index (Phi) is 4.99. The van der Waals surface area contributed by atoms with Crippen molar-refractivity contribution in [3.8, 4) is 5.75 Å². The molecule has 1 amide bonds. The molecular formula is C18H21NO2. The van der Waals surface area contributed by atoms with Gasteiger partial charge in [0.05, 0.1) is 6.04 Å². The number of benzene rings is 2. The highest BCUT2D eigenvalue weighted by atomic mass is 16.5. The van der Waals surface area contributed by atoms with Crippen molar-refractivity contribution in [3.63, 3.8) is 0 Å². The van der Waals surface area contributed by atoms with Crippen LogP contribution in [-0.4, -0.2) is 12.5 Å². The molecule has 0 bridgehead atoms. The first kappa shape index (κ1) is 15.1. The minimum Gasteiger partial charge on any atom is -0.484 e. The molecule has 0 aliphatic carbocycles. The molecule has 2 aromatic carbocycles. The monoisotopic (exact) mass is 283 g/mol. The molecule has 0 aromatic heterocycles. The second-order valence-electron chi connectivity index (χ2n) is 5.23. The van der Waals surface area contributed by atoms with E-state index in [1.807, 2.05) is 69.3 Å². The van der Waals surface area contributed by atoms with Crippen LogP contribution in [-0.2, 0) is 4.79 Å². The highest BCUT2D eigenvalue weighted by Gasteiger charge is 2.09. The Hall–Kier alpha value is -2.29. The SMILES string of the molecule is Cc1ccc(OCC(=O)N[C@H](C)c2ccccc2)cc1C. The van der Waals surface area contributed by atoms with Crippen molar-refractivity contribution in [1.82, 2.24) is 5.32 Å². The predicted molar refractivity (Wildman–Crippen MR) is 84.4 cm³/mol. The van der Waals surface area contributed by atoms with Gasteiger partial charge in [0.25, 0.3) is 5.91 Å². The summed E-state index contributed by atoms with van der Waals surface area (Å²) in [5.74, 6) is 0.602. The van der Waals surface area contributed by atoms with Gasteiger partial charge in [-0.15, -0.1) is 0 Å². The van der Waals surface area contributed by atoms with E-state index in [1.165, 1.54) is 5.56 Å². The smallest absolute Gasteiger partial charge is 0.258 e. The van der Waals surface area contributed by atoms with Crippen molar-refractivity contribution in [3.05, 3.63) is 65.2 Å². The van der Waals surface area contributed by atoms with Crippen molar-refractivity contribution in [2.75, 3.05) is 6.61 Å². The van der Waals surface area contributed by atoms with Crippen molar-refractivity contribution >= 4 is 5.91 Å². The lowest BCUT2D eigenvalue weighted by Gasteiger charge is -2.15. The van der Waals surface area contributed by atoms with Gasteiger partial charge in [-0.1, -0.05) is 36.4 Å². The number of hydrogen-bond donors (Lipinski definition) is 1. The predicted octanol–water partition coefficient (Wildman–Crippen LogP) is 3.56. The first-order valence-electron chi connectivity index (χ1n) is 7.10. The summed E-state index contributed by atoms with van der Waals surface area (Å²) in [6.07, 6.45) is 0. The van der Waals surface area contributed by atoms with Gasteiger partial charge in [-0.2, -0.15) is 0 Å². The summed E-state index contributed by atoms with van der Waals surface area (Å²) in [5, 5.41) is 2.93. The number of nitrogens with one attached hydrogen (secondary N) is 1. The first-order chi connectivity index (χ1) is 10.1. The van der Waals surface area contributed by atoms with Gasteiger partial charge in [0.1, 0.15) is 5.75 Å². The van der Waals surface area contributed by atoms with E-state index in [-0.39, 0.29) is 18.6 Å². The number of amides is 1. The summed E-state index contributed by atoms with van der Waals surface area (Å²) in [7, 11) is 0. The molecule has 3 heteroatoms. The number of ether oxygens (including phenoxy) is 1. The van der Waals surface area contributed by atoms with Crippen LogP contribution in [0.25, 0.3) is 0 Å². The third-order valence-electron chi connectivity index (χ3n) is 3.53. The quantitative estimate of drug-likeness (QED) is 0.911. The molecule has 110 valence electrons. The summed E-state index contributed by atoms with van der Waals surface area (Å²) in [5.41, 5.74) is 3.45. The number of carbonyl (C=O) groups excluding carboxylic acids is 1. The van der Waals surface area contributed by atoms with E-state index in [0.717, 1.165) is 16.9 Å². The van der Waals surface area contributed by atoms with Crippen LogP contribution in [0.5, 0.6) is 5.75 Å². The fourth-order valence-corrected chi connectivity index (χ4v) is 2.06. The summed E-state index contributed by atoms with van der Waals surface area (Å²) in [4.78, 5) is 11.9. The van der Waals surface area contributed by atoms with Gasteiger partial charge in [0, 0.05) is 0 Å². The van der Waals surface area contributed by atoms with Gasteiger partial charge < -0.3 is 10.1 Å². The summed E-state index contributed by atoms with van der Waals surface area (Å²) in [6, 6.07) is 15.7. The third kappa shape index (κ3) is 4.35. The Morgan fingerprint density at radius 2 is 1.81 bits per heavy atom. The highest BCUT2D eigenvalue weighted by Crippen LogP contribution is 2.16. The van der Waals surface area contributed by atoms with Crippen molar-refractivity contribution in [2.45, 2.75) is 26.8 Å². The molecule has 0 aliphatic heterocycles. The van der Waals surface area contributed by atoms with E-state index in [2.05, 4.69) is 5.32 Å². The van der Waals surface area contributed by atoms with Gasteiger partial charge >= 0.3 is 0 Å². The summed E-state index contributed by atoms with van der Waals surface area (Å²) < 4.78 is 5.53. The van der Waals surface area contributed by atoms with Crippen LogP contribution >= 0.6 is 0 Å². The molecule has 1 N–H and O–H groups in total. The van der Waals surface area contributed by atoms with Gasteiger partial charge in [0.2, 0.25) is 0 Å². The van der Waals surface area contributed by atoms with Crippen molar-refractivity contribution in [1.29, 1.82) is 0 Å². The topological polar surface area (TPSA) is 38.3 Å². The van der Waals surface area contributed by atoms with Crippen molar-refractivity contribution < 1.29 is 9.53 Å². The van der Waals surface area contributed by atoms with E-state index in [1.54, 1.807) is 0 Å². The normalized spacial score (nSPS) is 11.8. The van der Waals surface area contributed by atoms with Gasteiger partial charge in [0.15, 0.2) is 6.61 Å². The maximum Gasteiger partial charge on any atom is 0.258 e. The highest BCUT2D eigenvalue weighted by molar-refractivity contribution is 5.78. The Morgan fingerprint density at radius 3 is 2.48 bits per heavy atom. The van der Waals surface area contributed by atoms with Crippen molar-refractivity contribution in [2.24, 2.45) is 0 Å². The van der Waals surface area contributed by atoms with E-state index in [0.29, 0.717) is 0 Å². The fraction of sp³-hybridized carbons (Fsp3) is 0.278. The largest absolute Gasteiger partial charge is 0.484 e. The van der Waals surface area contributed by atoms with Crippen LogP contribution < -0.4 is 10.1 Å². The molecule has 2 aromatic rings. The molecule has 0 unspecified atom stereocenters. The number of rotatable bonds is 5. The molecule has 0 aliphatic rings. The summed E-state index contributed by atoms with van der Waals surface area (Å²) in [6.45, 7) is 6.07. The second kappa shape index (κ2) is 6.93. The fourth-order valence-electron chi connectivity index (χ4n) is 2.06. The molecule has 0 saturated carbocycles. The standard InChI is InChI=1S/C18H21NO2/c1-13-9-10-17(11-14(13)2)21-12-18(20)19-15(3)16-7-5-4-6-8-16/h4-11,15H,12H2,1-3H3,(H,19,20)/t15-/m1/s1. The van der Waals surface area contributed by atoms with Crippen LogP contribution in [0.1, 0.15) is 29.7 Å². The zero-order valence-electron chi connectivity index (χ0n) is 12.7. The second-order valence-corrected chi connectivity index (χ2v) is 5.23. The molecule has 0 spiro atoms. The average Bonchev–Trinajstić information content (AvgIpc) is 2.49. The number of hydrogen-bond acceptors (Lipinski definition) is 2. The molecule has 0 radical (unpaired) electrons.